The molecule has 5 heteroatoms. The molecule has 0 aliphatic heterocycles. The highest BCUT2D eigenvalue weighted by molar-refractivity contribution is 5.90. The minimum atomic E-state index is -1.33. The topological polar surface area (TPSA) is 80.6 Å². The predicted octanol–water partition coefficient (Wildman–Crippen LogP) is 2.05. The van der Waals surface area contributed by atoms with Crippen LogP contribution in [0.1, 0.15) is 38.1 Å². The summed E-state index contributed by atoms with van der Waals surface area (Å²) in [6.07, 6.45) is 0. The summed E-state index contributed by atoms with van der Waals surface area (Å²) < 4.78 is 1.28. The molecule has 5 nitrogen and oxygen atoms in total. The van der Waals surface area contributed by atoms with E-state index < -0.39 is 17.3 Å². The van der Waals surface area contributed by atoms with E-state index in [0.29, 0.717) is 0 Å². The van der Waals surface area contributed by atoms with Crippen molar-refractivity contribution in [3.63, 3.8) is 0 Å². The van der Waals surface area contributed by atoms with Gasteiger partial charge in [0.05, 0.1) is 31.7 Å². The quantitative estimate of drug-likeness (QED) is 0.810. The maximum Gasteiger partial charge on any atom is 0.335 e. The highest BCUT2D eigenvalue weighted by atomic mass is 16.4. The van der Waals surface area contributed by atoms with Crippen LogP contribution < -0.4 is 5.11 Å². The highest BCUT2D eigenvalue weighted by Crippen LogP contribution is 2.19. The molecule has 0 unspecified atom stereocenters. The van der Waals surface area contributed by atoms with Gasteiger partial charge in [0.25, 0.3) is 0 Å². The van der Waals surface area contributed by atoms with Crippen molar-refractivity contribution in [2.75, 3.05) is 26.2 Å². The summed E-state index contributed by atoms with van der Waals surface area (Å²) in [5.41, 5.74) is -0.412. The molecular weight excluding hydrogens is 258 g/mol. The van der Waals surface area contributed by atoms with Gasteiger partial charge < -0.3 is 19.8 Å². The molecule has 0 saturated carbocycles. The first-order chi connectivity index (χ1) is 9.35. The van der Waals surface area contributed by atoms with Crippen molar-refractivity contribution in [1.29, 1.82) is 0 Å². The van der Waals surface area contributed by atoms with Gasteiger partial charge in [0.2, 0.25) is 0 Å². The Morgan fingerprint density at radius 3 is 1.80 bits per heavy atom. The van der Waals surface area contributed by atoms with Crippen molar-refractivity contribution in [2.45, 2.75) is 27.7 Å². The van der Waals surface area contributed by atoms with Crippen LogP contribution in [-0.4, -0.2) is 46.8 Å². The average Bonchev–Trinajstić information content (AvgIpc) is 2.45. The Morgan fingerprint density at radius 1 is 1.10 bits per heavy atom. The van der Waals surface area contributed by atoms with Crippen LogP contribution in [0.4, 0.5) is 0 Å². The van der Waals surface area contributed by atoms with Crippen molar-refractivity contribution in [1.82, 2.24) is 0 Å². The van der Waals surface area contributed by atoms with Crippen molar-refractivity contribution in [3.05, 3.63) is 23.8 Å². The molecule has 0 amide bonds. The van der Waals surface area contributed by atoms with Crippen molar-refractivity contribution in [3.8, 4) is 11.5 Å². The minimum Gasteiger partial charge on any atom is -0.872 e. The molecule has 0 aliphatic rings. The lowest BCUT2D eigenvalue weighted by molar-refractivity contribution is -0.921. The van der Waals surface area contributed by atoms with E-state index in [2.05, 4.69) is 27.7 Å². The predicted molar refractivity (Wildman–Crippen MR) is 76.9 cm³/mol. The van der Waals surface area contributed by atoms with Crippen LogP contribution in [0.2, 0.25) is 0 Å². The Morgan fingerprint density at radius 2 is 1.55 bits per heavy atom. The number of phenolic OH excluding ortho intramolecular Hbond substituents is 1. The maximum atomic E-state index is 10.7. The molecule has 0 aliphatic carbocycles. The molecule has 0 aromatic heterocycles. The van der Waals surface area contributed by atoms with Gasteiger partial charge in [0.15, 0.2) is 0 Å². The Balaban J connectivity index is 0.000000370. The van der Waals surface area contributed by atoms with Crippen molar-refractivity contribution in [2.24, 2.45) is 0 Å². The summed E-state index contributed by atoms with van der Waals surface area (Å²) in [6.45, 7) is 14.2. The lowest BCUT2D eigenvalue weighted by Gasteiger charge is -2.34. The lowest BCUT2D eigenvalue weighted by Crippen LogP contribution is -2.47. The number of carboxylic acid groups (broad SMARTS) is 1. The van der Waals surface area contributed by atoms with Gasteiger partial charge in [-0.25, -0.2) is 4.79 Å². The molecule has 1 rings (SSSR count). The second-order valence-electron chi connectivity index (χ2n) is 4.59. The SMILES string of the molecule is CC[N+](CC)(CC)CC.O=C(O)c1cc(O)ccc1[O-]. The van der Waals surface area contributed by atoms with Crippen molar-refractivity contribution >= 4 is 5.97 Å². The molecule has 0 saturated heterocycles. The molecule has 114 valence electrons. The van der Waals surface area contributed by atoms with Gasteiger partial charge in [-0.3, -0.25) is 0 Å². The fraction of sp³-hybridized carbons (Fsp3) is 0.533. The van der Waals surface area contributed by atoms with Crippen LogP contribution in [0.15, 0.2) is 18.2 Å². The van der Waals surface area contributed by atoms with Crippen LogP contribution in [-0.2, 0) is 0 Å². The second kappa shape index (κ2) is 8.43. The van der Waals surface area contributed by atoms with Crippen molar-refractivity contribution < 1.29 is 24.6 Å². The number of quaternary nitrogens is 1. The summed E-state index contributed by atoms with van der Waals surface area (Å²) in [6, 6.07) is 3.08. The van der Waals surface area contributed by atoms with E-state index >= 15 is 0 Å². The average molecular weight is 283 g/mol. The third kappa shape index (κ3) is 5.09. The van der Waals surface area contributed by atoms with Gasteiger partial charge in [-0.1, -0.05) is 11.8 Å². The number of hydrogen-bond acceptors (Lipinski definition) is 3. The Bertz CT molecular complexity index is 410. The van der Waals surface area contributed by atoms with Gasteiger partial charge >= 0.3 is 5.97 Å². The largest absolute Gasteiger partial charge is 0.872 e. The number of carboxylic acids is 1. The van der Waals surface area contributed by atoms with Gasteiger partial charge in [0.1, 0.15) is 5.75 Å². The highest BCUT2D eigenvalue weighted by Gasteiger charge is 2.16. The number of rotatable bonds is 5. The van der Waals surface area contributed by atoms with Crippen LogP contribution in [0.3, 0.4) is 0 Å². The molecule has 20 heavy (non-hydrogen) atoms. The van der Waals surface area contributed by atoms with E-state index in [4.69, 9.17) is 10.2 Å². The summed E-state index contributed by atoms with van der Waals surface area (Å²) in [5.74, 6) is -2.15. The summed E-state index contributed by atoms with van der Waals surface area (Å²) in [7, 11) is 0. The lowest BCUT2D eigenvalue weighted by atomic mass is 10.2. The molecule has 0 fully saturated rings. The first-order valence-corrected chi connectivity index (χ1v) is 6.94. The summed E-state index contributed by atoms with van der Waals surface area (Å²) in [5, 5.41) is 27.9. The fourth-order valence-electron chi connectivity index (χ4n) is 2.03. The number of aromatic hydroxyl groups is 1. The number of carbonyl (C=O) groups is 1. The Hall–Kier alpha value is -1.75. The second-order valence-corrected chi connectivity index (χ2v) is 4.59. The third-order valence-corrected chi connectivity index (χ3v) is 3.88. The zero-order valence-electron chi connectivity index (χ0n) is 12.7. The van der Waals surface area contributed by atoms with E-state index in [1.165, 1.54) is 30.7 Å². The monoisotopic (exact) mass is 283 g/mol. The van der Waals surface area contributed by atoms with E-state index in [0.717, 1.165) is 18.2 Å². The summed E-state index contributed by atoms with van der Waals surface area (Å²) in [4.78, 5) is 10.3. The molecule has 2 N–H and O–H groups in total. The fourth-order valence-corrected chi connectivity index (χ4v) is 2.03. The van der Waals surface area contributed by atoms with Crippen LogP contribution in [0.5, 0.6) is 11.5 Å². The van der Waals surface area contributed by atoms with Gasteiger partial charge in [-0.15, -0.1) is 0 Å². The van der Waals surface area contributed by atoms with Crippen LogP contribution in [0.25, 0.3) is 0 Å². The molecule has 1 aromatic rings. The normalized spacial score (nSPS) is 10.6. The third-order valence-electron chi connectivity index (χ3n) is 3.88. The molecule has 0 heterocycles. The molecule has 0 atom stereocenters. The zero-order valence-corrected chi connectivity index (χ0v) is 12.7. The maximum absolute atomic E-state index is 10.7. The first kappa shape index (κ1) is 18.2. The Kier molecular flexibility index (Phi) is 7.69. The smallest absolute Gasteiger partial charge is 0.335 e. The van der Waals surface area contributed by atoms with E-state index in [-0.39, 0.29) is 5.75 Å². The summed E-state index contributed by atoms with van der Waals surface area (Å²) >= 11 is 0. The number of hydrogen-bond donors (Lipinski definition) is 2. The number of benzene rings is 1. The van der Waals surface area contributed by atoms with Gasteiger partial charge in [0, 0.05) is 0 Å². The van der Waals surface area contributed by atoms with Crippen LogP contribution >= 0.6 is 0 Å². The van der Waals surface area contributed by atoms with E-state index in [9.17, 15) is 9.90 Å². The molecule has 0 spiro atoms. The van der Waals surface area contributed by atoms with Gasteiger partial charge in [-0.2, -0.15) is 0 Å². The number of aromatic carboxylic acids is 1. The van der Waals surface area contributed by atoms with Crippen LogP contribution in [0, 0.1) is 0 Å². The molecular formula is C15H25NO4. The van der Waals surface area contributed by atoms with E-state index in [1.54, 1.807) is 0 Å². The molecule has 0 radical (unpaired) electrons. The zero-order chi connectivity index (χ0) is 15.8. The standard InChI is InChI=1S/C8H20N.C7H6O4/c1-5-9(6-2,7-3)8-4;8-4-1-2-6(9)5(3-4)7(10)11/h5-8H2,1-4H3;1-3,8-9H,(H,10,11)/q+1;/p-1. The van der Waals surface area contributed by atoms with E-state index in [1.807, 2.05) is 0 Å². The molecule has 1 aromatic carbocycles. The molecule has 0 bridgehead atoms. The first-order valence-electron chi connectivity index (χ1n) is 6.94. The number of phenols is 1. The number of nitrogens with zero attached hydrogens (tertiary/aromatic N) is 1. The van der Waals surface area contributed by atoms with Gasteiger partial charge in [-0.05, 0) is 39.8 Å². The minimum absolute atomic E-state index is 0.220. The Labute approximate surface area is 120 Å².